The molecule has 2 nitrogen and oxygen atoms in total. The first-order valence-electron chi connectivity index (χ1n) is 5.94. The number of pyridine rings is 1. The molecule has 1 unspecified atom stereocenters. The van der Waals surface area contributed by atoms with Crippen molar-refractivity contribution in [2.75, 3.05) is 7.05 Å². The second-order valence-corrected chi connectivity index (χ2v) is 4.58. The maximum atomic E-state index is 4.05. The third kappa shape index (κ3) is 3.03. The minimum absolute atomic E-state index is 0.637. The molecule has 0 aliphatic heterocycles. The van der Waals surface area contributed by atoms with E-state index in [1.807, 2.05) is 12.4 Å². The first kappa shape index (κ1) is 10.6. The van der Waals surface area contributed by atoms with Gasteiger partial charge in [-0.25, -0.2) is 0 Å². The van der Waals surface area contributed by atoms with Crippen molar-refractivity contribution in [1.82, 2.24) is 10.3 Å². The molecule has 82 valence electrons. The van der Waals surface area contributed by atoms with Crippen LogP contribution in [0.25, 0.3) is 0 Å². The van der Waals surface area contributed by atoms with E-state index in [0.29, 0.717) is 6.04 Å². The van der Waals surface area contributed by atoms with Crippen molar-refractivity contribution in [2.24, 2.45) is 5.92 Å². The normalized spacial score (nSPS) is 18.5. The summed E-state index contributed by atoms with van der Waals surface area (Å²) in [5.41, 5.74) is 1.39. The van der Waals surface area contributed by atoms with Gasteiger partial charge in [-0.1, -0.05) is 19.3 Å². The molecule has 2 rings (SSSR count). The maximum Gasteiger partial charge on any atom is 0.0270 e. The molecule has 1 aliphatic carbocycles. The lowest BCUT2D eigenvalue weighted by Gasteiger charge is -2.29. The van der Waals surface area contributed by atoms with Crippen molar-refractivity contribution in [3.05, 3.63) is 30.1 Å². The average molecular weight is 204 g/mol. The van der Waals surface area contributed by atoms with Crippen molar-refractivity contribution in [2.45, 2.75) is 38.1 Å². The van der Waals surface area contributed by atoms with Crippen LogP contribution in [0, 0.1) is 5.92 Å². The van der Waals surface area contributed by atoms with Gasteiger partial charge in [0.1, 0.15) is 0 Å². The van der Waals surface area contributed by atoms with Gasteiger partial charge in [-0.2, -0.15) is 0 Å². The fraction of sp³-hybridized carbons (Fsp3) is 0.615. The van der Waals surface area contributed by atoms with Crippen molar-refractivity contribution in [1.29, 1.82) is 0 Å². The van der Waals surface area contributed by atoms with Crippen LogP contribution in [0.5, 0.6) is 0 Å². The molecule has 15 heavy (non-hydrogen) atoms. The molecular formula is C13H20N2. The Morgan fingerprint density at radius 3 is 2.67 bits per heavy atom. The van der Waals surface area contributed by atoms with Gasteiger partial charge < -0.3 is 5.32 Å². The van der Waals surface area contributed by atoms with Crippen LogP contribution in [0.2, 0.25) is 0 Å². The topological polar surface area (TPSA) is 24.9 Å². The van der Waals surface area contributed by atoms with Gasteiger partial charge in [0.2, 0.25) is 0 Å². The quantitative estimate of drug-likeness (QED) is 0.796. The van der Waals surface area contributed by atoms with Gasteiger partial charge >= 0.3 is 0 Å². The third-order valence-corrected chi connectivity index (χ3v) is 3.48. The maximum absolute atomic E-state index is 4.05. The van der Waals surface area contributed by atoms with E-state index in [1.54, 1.807) is 0 Å². The SMILES string of the molecule is CNC(Cc1ccncc1)CC1CCC1. The standard InChI is InChI=1S/C13H20N2/c1-14-13(9-11-3-2-4-11)10-12-5-7-15-8-6-12/h5-8,11,13-14H,2-4,9-10H2,1H3. The molecule has 2 heteroatoms. The van der Waals surface area contributed by atoms with Crippen molar-refractivity contribution in [3.8, 4) is 0 Å². The lowest BCUT2D eigenvalue weighted by atomic mass is 9.80. The van der Waals surface area contributed by atoms with E-state index in [4.69, 9.17) is 0 Å². The van der Waals surface area contributed by atoms with E-state index in [1.165, 1.54) is 31.2 Å². The van der Waals surface area contributed by atoms with E-state index in [2.05, 4.69) is 29.5 Å². The monoisotopic (exact) mass is 204 g/mol. The summed E-state index contributed by atoms with van der Waals surface area (Å²) in [7, 11) is 2.07. The van der Waals surface area contributed by atoms with Crippen molar-refractivity contribution >= 4 is 0 Å². The zero-order valence-electron chi connectivity index (χ0n) is 9.45. The van der Waals surface area contributed by atoms with Crippen LogP contribution in [0.15, 0.2) is 24.5 Å². The average Bonchev–Trinajstić information content (AvgIpc) is 2.23. The Morgan fingerprint density at radius 2 is 2.13 bits per heavy atom. The van der Waals surface area contributed by atoms with Crippen LogP contribution in [-0.4, -0.2) is 18.1 Å². The van der Waals surface area contributed by atoms with Crippen LogP contribution >= 0.6 is 0 Å². The molecule has 1 heterocycles. The zero-order valence-corrected chi connectivity index (χ0v) is 9.45. The van der Waals surface area contributed by atoms with Crippen LogP contribution in [0.4, 0.5) is 0 Å². The number of rotatable bonds is 5. The van der Waals surface area contributed by atoms with E-state index in [0.717, 1.165) is 12.3 Å². The number of nitrogens with one attached hydrogen (secondary N) is 1. The van der Waals surface area contributed by atoms with Crippen molar-refractivity contribution < 1.29 is 0 Å². The Hall–Kier alpha value is -0.890. The smallest absolute Gasteiger partial charge is 0.0270 e. The third-order valence-electron chi connectivity index (χ3n) is 3.48. The Bertz CT molecular complexity index is 280. The molecule has 1 aromatic heterocycles. The Balaban J connectivity index is 1.84. The molecule has 1 saturated carbocycles. The highest BCUT2D eigenvalue weighted by molar-refractivity contribution is 5.11. The van der Waals surface area contributed by atoms with Crippen LogP contribution < -0.4 is 5.32 Å². The summed E-state index contributed by atoms with van der Waals surface area (Å²) in [4.78, 5) is 4.05. The number of likely N-dealkylation sites (N-methyl/N-ethyl adjacent to an activating group) is 1. The summed E-state index contributed by atoms with van der Waals surface area (Å²) >= 11 is 0. The van der Waals surface area contributed by atoms with Gasteiger partial charge in [0.15, 0.2) is 0 Å². The molecule has 0 radical (unpaired) electrons. The molecule has 0 spiro atoms. The molecule has 1 atom stereocenters. The summed E-state index contributed by atoms with van der Waals surface area (Å²) < 4.78 is 0. The molecule has 0 aromatic carbocycles. The van der Waals surface area contributed by atoms with Crippen LogP contribution in [0.3, 0.4) is 0 Å². The predicted octanol–water partition coefficient (Wildman–Crippen LogP) is 2.40. The molecule has 1 N–H and O–H groups in total. The van der Waals surface area contributed by atoms with Gasteiger partial charge in [-0.15, -0.1) is 0 Å². The minimum Gasteiger partial charge on any atom is -0.317 e. The zero-order chi connectivity index (χ0) is 10.5. The fourth-order valence-electron chi connectivity index (χ4n) is 2.24. The summed E-state index contributed by atoms with van der Waals surface area (Å²) in [6.45, 7) is 0. The van der Waals surface area contributed by atoms with E-state index in [9.17, 15) is 0 Å². The Kier molecular flexibility index (Phi) is 3.73. The number of hydrogen-bond donors (Lipinski definition) is 1. The van der Waals surface area contributed by atoms with Crippen LogP contribution in [0.1, 0.15) is 31.2 Å². The predicted molar refractivity (Wildman–Crippen MR) is 62.7 cm³/mol. The lowest BCUT2D eigenvalue weighted by molar-refractivity contribution is 0.263. The van der Waals surface area contributed by atoms with E-state index < -0.39 is 0 Å². The van der Waals surface area contributed by atoms with Gasteiger partial charge in [0, 0.05) is 18.4 Å². The minimum atomic E-state index is 0.637. The lowest BCUT2D eigenvalue weighted by Crippen LogP contribution is -2.31. The molecule has 0 amide bonds. The largest absolute Gasteiger partial charge is 0.317 e. The summed E-state index contributed by atoms with van der Waals surface area (Å²) in [6, 6.07) is 4.87. The highest BCUT2D eigenvalue weighted by atomic mass is 14.9. The molecule has 1 aromatic rings. The summed E-state index contributed by atoms with van der Waals surface area (Å²) in [6.07, 6.45) is 10.5. The Morgan fingerprint density at radius 1 is 1.40 bits per heavy atom. The van der Waals surface area contributed by atoms with Gasteiger partial charge in [-0.3, -0.25) is 4.98 Å². The number of hydrogen-bond acceptors (Lipinski definition) is 2. The van der Waals surface area contributed by atoms with Crippen LogP contribution in [-0.2, 0) is 6.42 Å². The first-order valence-corrected chi connectivity index (χ1v) is 5.94. The molecular weight excluding hydrogens is 184 g/mol. The first-order chi connectivity index (χ1) is 7.38. The molecule has 1 aliphatic rings. The summed E-state index contributed by atoms with van der Waals surface area (Å²) in [5, 5.41) is 3.43. The fourth-order valence-corrected chi connectivity index (χ4v) is 2.24. The van der Waals surface area contributed by atoms with Gasteiger partial charge in [0.05, 0.1) is 0 Å². The molecule has 0 bridgehead atoms. The van der Waals surface area contributed by atoms with Crippen molar-refractivity contribution in [3.63, 3.8) is 0 Å². The molecule has 0 saturated heterocycles. The van der Waals surface area contributed by atoms with Gasteiger partial charge in [-0.05, 0) is 43.5 Å². The number of nitrogens with zero attached hydrogens (tertiary/aromatic N) is 1. The Labute approximate surface area is 92.1 Å². The molecule has 1 fully saturated rings. The summed E-state index contributed by atoms with van der Waals surface area (Å²) in [5.74, 6) is 0.976. The van der Waals surface area contributed by atoms with Gasteiger partial charge in [0.25, 0.3) is 0 Å². The number of aromatic nitrogens is 1. The second kappa shape index (κ2) is 5.26. The second-order valence-electron chi connectivity index (χ2n) is 4.58. The van der Waals surface area contributed by atoms with E-state index in [-0.39, 0.29) is 0 Å². The highest BCUT2D eigenvalue weighted by Gasteiger charge is 2.21. The van der Waals surface area contributed by atoms with E-state index >= 15 is 0 Å². The highest BCUT2D eigenvalue weighted by Crippen LogP contribution is 2.30.